The third-order valence-corrected chi connectivity index (χ3v) is 2.60. The van der Waals surface area contributed by atoms with E-state index in [0.29, 0.717) is 18.1 Å². The van der Waals surface area contributed by atoms with Crippen molar-refractivity contribution >= 4 is 0 Å². The van der Waals surface area contributed by atoms with Crippen molar-refractivity contribution in [3.05, 3.63) is 0 Å². The fourth-order valence-electron chi connectivity index (χ4n) is 1.99. The quantitative estimate of drug-likeness (QED) is 0.734. The summed E-state index contributed by atoms with van der Waals surface area (Å²) in [4.78, 5) is 0. The molecule has 1 heterocycles. The first-order chi connectivity index (χ1) is 6.58. The molecule has 0 spiro atoms. The van der Waals surface area contributed by atoms with Crippen LogP contribution in [-0.2, 0) is 4.74 Å². The van der Waals surface area contributed by atoms with E-state index in [1.165, 1.54) is 12.8 Å². The van der Waals surface area contributed by atoms with E-state index in [-0.39, 0.29) is 0 Å². The van der Waals surface area contributed by atoms with E-state index in [4.69, 9.17) is 4.74 Å². The van der Waals surface area contributed by atoms with Gasteiger partial charge in [0.05, 0.1) is 6.10 Å². The maximum atomic E-state index is 5.81. The van der Waals surface area contributed by atoms with Gasteiger partial charge >= 0.3 is 0 Å². The molecule has 2 nitrogen and oxygen atoms in total. The Kier molecular flexibility index (Phi) is 4.90. The molecule has 0 aromatic carbocycles. The molecular formula is C12H25NO. The van der Waals surface area contributed by atoms with Gasteiger partial charge in [-0.3, -0.25) is 0 Å². The van der Waals surface area contributed by atoms with Crippen LogP contribution < -0.4 is 5.32 Å². The molecule has 0 aromatic rings. The third-order valence-electron chi connectivity index (χ3n) is 2.60. The lowest BCUT2D eigenvalue weighted by Gasteiger charge is -2.14. The maximum Gasteiger partial charge on any atom is 0.0714 e. The highest BCUT2D eigenvalue weighted by Crippen LogP contribution is 2.17. The zero-order valence-corrected chi connectivity index (χ0v) is 10.0. The fourth-order valence-corrected chi connectivity index (χ4v) is 1.99. The molecule has 1 fully saturated rings. The Morgan fingerprint density at radius 2 is 1.93 bits per heavy atom. The molecule has 0 aliphatic carbocycles. The molecule has 0 bridgehead atoms. The minimum Gasteiger partial charge on any atom is -0.377 e. The van der Waals surface area contributed by atoms with Crippen molar-refractivity contribution in [3.8, 4) is 0 Å². The van der Waals surface area contributed by atoms with E-state index in [1.807, 2.05) is 0 Å². The molecule has 84 valence electrons. The lowest BCUT2D eigenvalue weighted by Crippen LogP contribution is -2.23. The van der Waals surface area contributed by atoms with Gasteiger partial charge in [0.2, 0.25) is 0 Å². The maximum absolute atomic E-state index is 5.81. The van der Waals surface area contributed by atoms with Gasteiger partial charge in [0.1, 0.15) is 0 Å². The molecular weight excluding hydrogens is 174 g/mol. The average Bonchev–Trinajstić information content (AvgIpc) is 2.47. The van der Waals surface area contributed by atoms with Crippen LogP contribution in [0.25, 0.3) is 0 Å². The third kappa shape index (κ3) is 4.43. The van der Waals surface area contributed by atoms with Gasteiger partial charge in [0, 0.05) is 19.2 Å². The van der Waals surface area contributed by atoms with Crippen LogP contribution in [0.5, 0.6) is 0 Å². The Hall–Kier alpha value is -0.0800. The van der Waals surface area contributed by atoms with Crippen LogP contribution in [0.3, 0.4) is 0 Å². The highest BCUT2D eigenvalue weighted by atomic mass is 16.5. The van der Waals surface area contributed by atoms with E-state index in [1.54, 1.807) is 0 Å². The summed E-state index contributed by atoms with van der Waals surface area (Å²) in [6, 6.07) is 0.687. The van der Waals surface area contributed by atoms with Gasteiger partial charge in [-0.25, -0.2) is 0 Å². The molecule has 2 atom stereocenters. The number of rotatable bonds is 5. The second kappa shape index (κ2) is 5.72. The van der Waals surface area contributed by atoms with Crippen LogP contribution in [0.15, 0.2) is 0 Å². The Morgan fingerprint density at radius 3 is 2.50 bits per heavy atom. The lowest BCUT2D eigenvalue weighted by atomic mass is 10.0. The van der Waals surface area contributed by atoms with Crippen molar-refractivity contribution in [2.45, 2.75) is 52.7 Å². The zero-order valence-electron chi connectivity index (χ0n) is 10.0. The normalized spacial score (nSPS) is 27.9. The second-order valence-electron chi connectivity index (χ2n) is 5.32. The fraction of sp³-hybridized carbons (Fsp3) is 1.00. The minimum atomic E-state index is 0.459. The van der Waals surface area contributed by atoms with Crippen molar-refractivity contribution in [2.24, 2.45) is 11.8 Å². The summed E-state index contributed by atoms with van der Waals surface area (Å²) in [6.45, 7) is 10.9. The predicted octanol–water partition coefficient (Wildman–Crippen LogP) is 2.44. The summed E-state index contributed by atoms with van der Waals surface area (Å²) in [5, 5.41) is 3.54. The summed E-state index contributed by atoms with van der Waals surface area (Å²) in [7, 11) is 0. The van der Waals surface area contributed by atoms with Gasteiger partial charge in [-0.15, -0.1) is 0 Å². The van der Waals surface area contributed by atoms with Crippen molar-refractivity contribution in [1.29, 1.82) is 0 Å². The Balaban J connectivity index is 2.14. The van der Waals surface area contributed by atoms with E-state index in [0.717, 1.165) is 19.1 Å². The predicted molar refractivity (Wildman–Crippen MR) is 60.4 cm³/mol. The topological polar surface area (TPSA) is 21.3 Å². The first-order valence-corrected chi connectivity index (χ1v) is 5.93. The number of ether oxygens (including phenoxy) is 1. The number of hydrogen-bond acceptors (Lipinski definition) is 2. The van der Waals surface area contributed by atoms with Gasteiger partial charge in [-0.2, -0.15) is 0 Å². The molecule has 0 aromatic heterocycles. The molecule has 1 aliphatic rings. The first kappa shape index (κ1) is 12.0. The van der Waals surface area contributed by atoms with Crippen LogP contribution in [0, 0.1) is 11.8 Å². The number of hydrogen-bond donors (Lipinski definition) is 1. The molecule has 14 heavy (non-hydrogen) atoms. The van der Waals surface area contributed by atoms with Crippen LogP contribution >= 0.6 is 0 Å². The second-order valence-corrected chi connectivity index (χ2v) is 5.32. The molecule has 0 amide bonds. The Bertz CT molecular complexity index is 156. The van der Waals surface area contributed by atoms with Gasteiger partial charge in [0.15, 0.2) is 0 Å². The number of nitrogens with one attached hydrogen (secondary N) is 1. The van der Waals surface area contributed by atoms with Gasteiger partial charge < -0.3 is 10.1 Å². The van der Waals surface area contributed by atoms with E-state index in [9.17, 15) is 0 Å². The van der Waals surface area contributed by atoms with Crippen LogP contribution in [0.4, 0.5) is 0 Å². The Labute approximate surface area is 88.4 Å². The van der Waals surface area contributed by atoms with Gasteiger partial charge in [-0.05, 0) is 24.7 Å². The highest BCUT2D eigenvalue weighted by molar-refractivity contribution is 4.82. The summed E-state index contributed by atoms with van der Waals surface area (Å²) in [5.41, 5.74) is 0. The molecule has 0 radical (unpaired) electrons. The highest BCUT2D eigenvalue weighted by Gasteiger charge is 2.24. The molecule has 1 rings (SSSR count). The molecule has 1 aliphatic heterocycles. The molecule has 0 unspecified atom stereocenters. The van der Waals surface area contributed by atoms with E-state index in [2.05, 4.69) is 33.0 Å². The van der Waals surface area contributed by atoms with Crippen LogP contribution in [-0.4, -0.2) is 25.3 Å². The molecule has 1 N–H and O–H groups in total. The SMILES string of the molecule is CC(C)CO[C@H]1CN[C@H](CC(C)C)C1. The molecule has 2 heteroatoms. The van der Waals surface area contributed by atoms with Gasteiger partial charge in [0.25, 0.3) is 0 Å². The van der Waals surface area contributed by atoms with Crippen molar-refractivity contribution in [1.82, 2.24) is 5.32 Å². The van der Waals surface area contributed by atoms with Gasteiger partial charge in [-0.1, -0.05) is 27.7 Å². The van der Waals surface area contributed by atoms with E-state index >= 15 is 0 Å². The monoisotopic (exact) mass is 199 g/mol. The van der Waals surface area contributed by atoms with Crippen molar-refractivity contribution < 1.29 is 4.74 Å². The lowest BCUT2D eigenvalue weighted by molar-refractivity contribution is 0.0468. The first-order valence-electron chi connectivity index (χ1n) is 5.93. The van der Waals surface area contributed by atoms with Crippen molar-refractivity contribution in [2.75, 3.05) is 13.2 Å². The van der Waals surface area contributed by atoms with Crippen LogP contribution in [0.1, 0.15) is 40.5 Å². The Morgan fingerprint density at radius 1 is 1.21 bits per heavy atom. The zero-order chi connectivity index (χ0) is 10.6. The molecule has 1 saturated heterocycles. The summed E-state index contributed by atoms with van der Waals surface area (Å²) >= 11 is 0. The summed E-state index contributed by atoms with van der Waals surface area (Å²) < 4.78 is 5.81. The summed E-state index contributed by atoms with van der Waals surface area (Å²) in [6.07, 6.45) is 2.94. The largest absolute Gasteiger partial charge is 0.377 e. The van der Waals surface area contributed by atoms with Crippen molar-refractivity contribution in [3.63, 3.8) is 0 Å². The smallest absolute Gasteiger partial charge is 0.0714 e. The van der Waals surface area contributed by atoms with E-state index < -0.39 is 0 Å². The summed E-state index contributed by atoms with van der Waals surface area (Å²) in [5.74, 6) is 1.44. The standard InChI is InChI=1S/C12H25NO/c1-9(2)5-11-6-12(7-13-11)14-8-10(3)4/h9-13H,5-8H2,1-4H3/t11-,12-/m1/s1. The minimum absolute atomic E-state index is 0.459. The van der Waals surface area contributed by atoms with Crippen LogP contribution in [0.2, 0.25) is 0 Å². The average molecular weight is 199 g/mol. The molecule has 0 saturated carbocycles.